The van der Waals surface area contributed by atoms with Gasteiger partial charge in [0.1, 0.15) is 12.4 Å². The van der Waals surface area contributed by atoms with Crippen LogP contribution in [0.2, 0.25) is 0 Å². The number of carbonyl (C=O) groups excluding carboxylic acids is 2. The third kappa shape index (κ3) is 8.45. The molecular formula is C41H34F7NO6. The first-order valence-electron chi connectivity index (χ1n) is 17.2. The van der Waals surface area contributed by atoms with Crippen LogP contribution >= 0.6 is 0 Å². The molecular weight excluding hydrogens is 735 g/mol. The number of phenolic OH excluding ortho intramolecular Hbond substituents is 1. The van der Waals surface area contributed by atoms with Gasteiger partial charge in [0.25, 0.3) is 0 Å². The van der Waals surface area contributed by atoms with E-state index >= 15 is 0 Å². The van der Waals surface area contributed by atoms with Crippen LogP contribution in [0.5, 0.6) is 11.5 Å². The summed E-state index contributed by atoms with van der Waals surface area (Å²) >= 11 is 0. The predicted octanol–water partition coefficient (Wildman–Crippen LogP) is 8.44. The van der Waals surface area contributed by atoms with Crippen LogP contribution in [0.1, 0.15) is 41.5 Å². The molecule has 1 aliphatic heterocycles. The van der Waals surface area contributed by atoms with E-state index in [1.807, 2.05) is 0 Å². The molecule has 6 rings (SSSR count). The fraction of sp³-hybridized carbons (Fsp3) is 0.268. The van der Waals surface area contributed by atoms with Gasteiger partial charge in [0.15, 0.2) is 11.6 Å². The standard InChI is InChI=1S/C41H34F7NO6/c42-33-16-23(11-13-34(33)51)15-25(24-7-3-1-4-8-24)12-14-35(52)36-26(22-55-30-9-5-2-6-10-30)17-31-37(32(36)21-50)39(54)49(38(31)53)29-19-27(40(43,44)45)18-28(20-29)41(46,47)48/h1-11,13,15-16,18-20,31-32,35,37,50-52H,12,14,17,21-22H2/b25-15-/t31-,32+,35-,37-/m1/s1. The molecule has 1 heterocycles. The fourth-order valence-electron chi connectivity index (χ4n) is 7.32. The second kappa shape index (κ2) is 15.7. The molecule has 4 aromatic rings. The van der Waals surface area contributed by atoms with E-state index in [0.717, 1.165) is 11.6 Å². The number of hydrogen-bond donors (Lipinski definition) is 3. The zero-order valence-corrected chi connectivity index (χ0v) is 28.8. The number of fused-ring (bicyclic) bond motifs is 1. The number of allylic oxidation sites excluding steroid dienone is 1. The molecule has 0 unspecified atom stereocenters. The van der Waals surface area contributed by atoms with Crippen molar-refractivity contribution >= 4 is 29.2 Å². The largest absolute Gasteiger partial charge is 0.505 e. The molecule has 4 atom stereocenters. The molecule has 1 fully saturated rings. The van der Waals surface area contributed by atoms with Gasteiger partial charge >= 0.3 is 12.4 Å². The number of nitrogens with zero attached hydrogens (tertiary/aromatic N) is 1. The molecule has 0 bridgehead atoms. The number of rotatable bonds is 11. The van der Waals surface area contributed by atoms with Crippen LogP contribution in [0.25, 0.3) is 11.6 Å². The van der Waals surface area contributed by atoms with Crippen LogP contribution in [0.4, 0.5) is 36.4 Å². The molecule has 2 aliphatic rings. The van der Waals surface area contributed by atoms with Gasteiger partial charge in [-0.3, -0.25) is 9.59 Å². The van der Waals surface area contributed by atoms with Crippen molar-refractivity contribution in [1.82, 2.24) is 0 Å². The van der Waals surface area contributed by atoms with E-state index in [-0.39, 0.29) is 37.5 Å². The Morgan fingerprint density at radius 2 is 1.47 bits per heavy atom. The number of benzene rings is 4. The molecule has 0 saturated carbocycles. The average molecular weight is 770 g/mol. The van der Waals surface area contributed by atoms with Gasteiger partial charge in [-0.05, 0) is 89.6 Å². The summed E-state index contributed by atoms with van der Waals surface area (Å²) in [6, 6.07) is 21.7. The summed E-state index contributed by atoms with van der Waals surface area (Å²) in [5.41, 5.74) is -2.09. The summed E-state index contributed by atoms with van der Waals surface area (Å²) in [4.78, 5) is 28.3. The molecule has 0 aromatic heterocycles. The monoisotopic (exact) mass is 769 g/mol. The maximum Gasteiger partial charge on any atom is 0.416 e. The number of aliphatic hydroxyl groups is 2. The molecule has 55 heavy (non-hydrogen) atoms. The molecule has 1 saturated heterocycles. The first-order chi connectivity index (χ1) is 26.1. The first-order valence-corrected chi connectivity index (χ1v) is 17.2. The SMILES string of the molecule is O=C1[C@@H]2[C@@H](CC(COc3ccccc3)=C([C@H](O)CC/C(=C/c3ccc(O)c(F)c3)c3ccccc3)[C@@H]2CO)C(=O)N1c1cc(C(F)(F)F)cc(C(F)(F)F)c1. The summed E-state index contributed by atoms with van der Waals surface area (Å²) in [7, 11) is 0. The number of phenols is 1. The minimum absolute atomic E-state index is 0.0340. The van der Waals surface area contributed by atoms with Gasteiger partial charge in [0.2, 0.25) is 11.8 Å². The number of amides is 2. The highest BCUT2D eigenvalue weighted by molar-refractivity contribution is 6.22. The average Bonchev–Trinajstić information content (AvgIpc) is 3.41. The molecule has 288 valence electrons. The molecule has 7 nitrogen and oxygen atoms in total. The lowest BCUT2D eigenvalue weighted by Crippen LogP contribution is -2.40. The fourth-order valence-corrected chi connectivity index (χ4v) is 7.32. The number of alkyl halides is 6. The Morgan fingerprint density at radius 3 is 2.05 bits per heavy atom. The van der Waals surface area contributed by atoms with Crippen molar-refractivity contribution in [3.05, 3.63) is 136 Å². The summed E-state index contributed by atoms with van der Waals surface area (Å²) in [6.45, 7) is -1.03. The topological polar surface area (TPSA) is 107 Å². The number of imide groups is 1. The minimum atomic E-state index is -5.24. The van der Waals surface area contributed by atoms with Crippen molar-refractivity contribution in [2.45, 2.75) is 37.7 Å². The van der Waals surface area contributed by atoms with Gasteiger partial charge in [-0.2, -0.15) is 26.3 Å². The number of carbonyl (C=O) groups is 2. The van der Waals surface area contributed by atoms with Gasteiger partial charge in [-0.1, -0.05) is 60.7 Å². The Bertz CT molecular complexity index is 2080. The Balaban J connectivity index is 1.37. The van der Waals surface area contributed by atoms with Crippen molar-refractivity contribution in [3.8, 4) is 11.5 Å². The molecule has 1 aliphatic carbocycles. The molecule has 4 aromatic carbocycles. The Kier molecular flexibility index (Phi) is 11.2. The van der Waals surface area contributed by atoms with E-state index in [9.17, 15) is 55.6 Å². The van der Waals surface area contributed by atoms with E-state index in [4.69, 9.17) is 4.74 Å². The molecule has 0 radical (unpaired) electrons. The van der Waals surface area contributed by atoms with E-state index in [1.165, 1.54) is 12.1 Å². The lowest BCUT2D eigenvalue weighted by Gasteiger charge is -2.36. The third-order valence-corrected chi connectivity index (χ3v) is 9.87. The van der Waals surface area contributed by atoms with Crippen molar-refractivity contribution in [1.29, 1.82) is 0 Å². The minimum Gasteiger partial charge on any atom is -0.505 e. The lowest BCUT2D eigenvalue weighted by atomic mass is 9.68. The van der Waals surface area contributed by atoms with Crippen LogP contribution in [0.3, 0.4) is 0 Å². The molecule has 2 amide bonds. The number of hydrogen-bond acceptors (Lipinski definition) is 6. The number of para-hydroxylation sites is 1. The van der Waals surface area contributed by atoms with Crippen LogP contribution in [0, 0.1) is 23.6 Å². The number of ether oxygens (including phenoxy) is 1. The summed E-state index contributed by atoms with van der Waals surface area (Å²) in [5, 5.41) is 32.3. The Morgan fingerprint density at radius 1 is 0.855 bits per heavy atom. The van der Waals surface area contributed by atoms with Crippen LogP contribution < -0.4 is 9.64 Å². The van der Waals surface area contributed by atoms with Crippen molar-refractivity contribution < 1.29 is 60.4 Å². The smallest absolute Gasteiger partial charge is 0.416 e. The van der Waals surface area contributed by atoms with Gasteiger partial charge in [0.05, 0.1) is 41.4 Å². The second-order valence-electron chi connectivity index (χ2n) is 13.4. The van der Waals surface area contributed by atoms with Gasteiger partial charge < -0.3 is 20.1 Å². The quantitative estimate of drug-likeness (QED) is 0.0612. The highest BCUT2D eigenvalue weighted by Crippen LogP contribution is 2.49. The zero-order valence-electron chi connectivity index (χ0n) is 28.8. The van der Waals surface area contributed by atoms with E-state index in [0.29, 0.717) is 39.5 Å². The van der Waals surface area contributed by atoms with Crippen molar-refractivity contribution in [2.75, 3.05) is 18.1 Å². The highest BCUT2D eigenvalue weighted by Gasteiger charge is 2.56. The van der Waals surface area contributed by atoms with Gasteiger partial charge in [-0.25, -0.2) is 9.29 Å². The highest BCUT2D eigenvalue weighted by atomic mass is 19.4. The molecule has 14 heteroatoms. The maximum atomic E-state index is 14.2. The summed E-state index contributed by atoms with van der Waals surface area (Å²) < 4.78 is 103. The summed E-state index contributed by atoms with van der Waals surface area (Å²) in [6.07, 6.45) is -10.3. The van der Waals surface area contributed by atoms with Gasteiger partial charge in [0, 0.05) is 5.92 Å². The molecule has 3 N–H and O–H groups in total. The zero-order chi connectivity index (χ0) is 39.7. The summed E-state index contributed by atoms with van der Waals surface area (Å²) in [5.74, 6) is -7.16. The number of aliphatic hydroxyl groups excluding tert-OH is 2. The lowest BCUT2D eigenvalue weighted by molar-refractivity contribution is -0.143. The Labute approximate surface area is 310 Å². The van der Waals surface area contributed by atoms with E-state index < -0.39 is 83.0 Å². The Hall–Kier alpha value is -5.47. The van der Waals surface area contributed by atoms with Crippen LogP contribution in [0.15, 0.2) is 108 Å². The second-order valence-corrected chi connectivity index (χ2v) is 13.4. The van der Waals surface area contributed by atoms with Crippen molar-refractivity contribution in [3.63, 3.8) is 0 Å². The normalized spacial score (nSPS) is 19.8. The maximum absolute atomic E-state index is 14.2. The van der Waals surface area contributed by atoms with Crippen molar-refractivity contribution in [2.24, 2.45) is 17.8 Å². The predicted molar refractivity (Wildman–Crippen MR) is 188 cm³/mol. The molecule has 0 spiro atoms. The first kappa shape index (κ1) is 39.2. The van der Waals surface area contributed by atoms with E-state index in [2.05, 4.69) is 0 Å². The van der Waals surface area contributed by atoms with Gasteiger partial charge in [-0.15, -0.1) is 0 Å². The number of aromatic hydroxyl groups is 1. The number of anilines is 1. The van der Waals surface area contributed by atoms with Crippen LogP contribution in [-0.2, 0) is 21.9 Å². The van der Waals surface area contributed by atoms with E-state index in [1.54, 1.807) is 66.7 Å². The number of halogens is 7. The third-order valence-electron chi connectivity index (χ3n) is 9.87. The van der Waals surface area contributed by atoms with Crippen LogP contribution in [-0.4, -0.2) is 46.5 Å².